The highest BCUT2D eigenvalue weighted by atomic mass is 16.5. The molecule has 15 heavy (non-hydrogen) atoms. The zero-order valence-electron chi connectivity index (χ0n) is 8.89. The number of benzene rings is 1. The van der Waals surface area contributed by atoms with E-state index in [2.05, 4.69) is 5.32 Å². The van der Waals surface area contributed by atoms with E-state index in [4.69, 9.17) is 10.5 Å². The molecular formula is C11H18N2O2. The first-order valence-electron chi connectivity index (χ1n) is 5.07. The first kappa shape index (κ1) is 12.0. The molecule has 1 rings (SSSR count). The van der Waals surface area contributed by atoms with Crippen molar-refractivity contribution in [1.82, 2.24) is 5.32 Å². The van der Waals surface area contributed by atoms with Crippen molar-refractivity contribution in [3.8, 4) is 5.75 Å². The van der Waals surface area contributed by atoms with E-state index in [1.807, 2.05) is 30.3 Å². The molecular weight excluding hydrogens is 192 g/mol. The van der Waals surface area contributed by atoms with Crippen LogP contribution in [0.5, 0.6) is 5.75 Å². The van der Waals surface area contributed by atoms with Crippen LogP contribution in [0.4, 0.5) is 0 Å². The first-order valence-corrected chi connectivity index (χ1v) is 5.07. The topological polar surface area (TPSA) is 67.5 Å². The molecule has 0 saturated heterocycles. The summed E-state index contributed by atoms with van der Waals surface area (Å²) < 4.78 is 5.56. The Labute approximate surface area is 90.1 Å². The van der Waals surface area contributed by atoms with Crippen molar-refractivity contribution in [3.05, 3.63) is 30.3 Å². The van der Waals surface area contributed by atoms with Gasteiger partial charge in [-0.15, -0.1) is 0 Å². The molecule has 0 radical (unpaired) electrons. The smallest absolute Gasteiger partial charge is 0.176 e. The highest BCUT2D eigenvalue weighted by Gasteiger charge is 2.15. The van der Waals surface area contributed by atoms with Crippen molar-refractivity contribution in [2.45, 2.75) is 19.3 Å². The minimum atomic E-state index is -0.586. The Morgan fingerprint density at radius 2 is 2.07 bits per heavy atom. The van der Waals surface area contributed by atoms with Crippen molar-refractivity contribution in [1.29, 1.82) is 0 Å². The maximum absolute atomic E-state index is 9.47. The fourth-order valence-corrected chi connectivity index (χ4v) is 1.18. The van der Waals surface area contributed by atoms with Gasteiger partial charge in [-0.25, -0.2) is 0 Å². The predicted octanol–water partition coefficient (Wildman–Crippen LogP) is 0.321. The summed E-state index contributed by atoms with van der Waals surface area (Å²) in [4.78, 5) is 0. The quantitative estimate of drug-likeness (QED) is 0.592. The number of hydrogen-bond acceptors (Lipinski definition) is 4. The molecule has 2 unspecified atom stereocenters. The number of ether oxygens (including phenoxy) is 1. The van der Waals surface area contributed by atoms with Gasteiger partial charge in [0, 0.05) is 13.1 Å². The lowest BCUT2D eigenvalue weighted by Crippen LogP contribution is -2.45. The summed E-state index contributed by atoms with van der Waals surface area (Å²) in [7, 11) is 0. The molecule has 0 spiro atoms. The predicted molar refractivity (Wildman–Crippen MR) is 59.6 cm³/mol. The SMILES string of the molecule is CC(O)C(NCCN)Oc1ccccc1. The van der Waals surface area contributed by atoms with Gasteiger partial charge >= 0.3 is 0 Å². The zero-order chi connectivity index (χ0) is 11.1. The second-order valence-corrected chi connectivity index (χ2v) is 3.33. The van der Waals surface area contributed by atoms with Crippen LogP contribution >= 0.6 is 0 Å². The molecule has 1 aromatic rings. The minimum absolute atomic E-state index is 0.420. The van der Waals surface area contributed by atoms with E-state index < -0.39 is 12.3 Å². The van der Waals surface area contributed by atoms with Crippen LogP contribution in [-0.2, 0) is 0 Å². The Hall–Kier alpha value is -1.10. The minimum Gasteiger partial charge on any atom is -0.473 e. The van der Waals surface area contributed by atoms with Crippen molar-refractivity contribution in [3.63, 3.8) is 0 Å². The zero-order valence-corrected chi connectivity index (χ0v) is 8.89. The molecule has 0 aliphatic carbocycles. The highest BCUT2D eigenvalue weighted by Crippen LogP contribution is 2.11. The van der Waals surface area contributed by atoms with E-state index in [9.17, 15) is 5.11 Å². The summed E-state index contributed by atoms with van der Waals surface area (Å²) in [6.45, 7) is 2.81. The van der Waals surface area contributed by atoms with Crippen LogP contribution in [0.15, 0.2) is 30.3 Å². The number of rotatable bonds is 6. The third-order valence-corrected chi connectivity index (χ3v) is 1.93. The van der Waals surface area contributed by atoms with Gasteiger partial charge in [0.2, 0.25) is 0 Å². The number of aliphatic hydroxyl groups excluding tert-OH is 1. The van der Waals surface area contributed by atoms with Crippen molar-refractivity contribution in [2.75, 3.05) is 13.1 Å². The second-order valence-electron chi connectivity index (χ2n) is 3.33. The monoisotopic (exact) mass is 210 g/mol. The van der Waals surface area contributed by atoms with Gasteiger partial charge in [0.1, 0.15) is 11.9 Å². The number of aliphatic hydroxyl groups is 1. The molecule has 0 aliphatic rings. The van der Waals surface area contributed by atoms with Crippen LogP contribution in [0, 0.1) is 0 Å². The number of hydrogen-bond donors (Lipinski definition) is 3. The summed E-state index contributed by atoms with van der Waals surface area (Å²) in [6, 6.07) is 9.38. The van der Waals surface area contributed by atoms with Gasteiger partial charge < -0.3 is 15.6 Å². The first-order chi connectivity index (χ1) is 7.24. The third-order valence-electron chi connectivity index (χ3n) is 1.93. The summed E-state index contributed by atoms with van der Waals surface area (Å²) in [5.74, 6) is 0.730. The molecule has 84 valence electrons. The second kappa shape index (κ2) is 6.40. The van der Waals surface area contributed by atoms with E-state index in [0.29, 0.717) is 13.1 Å². The van der Waals surface area contributed by atoms with Crippen LogP contribution in [0.1, 0.15) is 6.92 Å². The Morgan fingerprint density at radius 3 is 2.60 bits per heavy atom. The lowest BCUT2D eigenvalue weighted by Gasteiger charge is -2.22. The molecule has 0 aliphatic heterocycles. The van der Waals surface area contributed by atoms with Gasteiger partial charge in [-0.05, 0) is 19.1 Å². The Kier molecular flexibility index (Phi) is 5.10. The summed E-state index contributed by atoms with van der Waals surface area (Å²) in [5.41, 5.74) is 5.37. The third kappa shape index (κ3) is 4.29. The lowest BCUT2D eigenvalue weighted by molar-refractivity contribution is 0.0278. The number of nitrogens with two attached hydrogens (primary N) is 1. The van der Waals surface area contributed by atoms with Crippen LogP contribution in [0.25, 0.3) is 0 Å². The fraction of sp³-hybridized carbons (Fsp3) is 0.455. The molecule has 0 saturated carbocycles. The van der Waals surface area contributed by atoms with Gasteiger partial charge in [0.25, 0.3) is 0 Å². The standard InChI is InChI=1S/C11H18N2O2/c1-9(14)11(13-8-7-12)15-10-5-3-2-4-6-10/h2-6,9,11,13-14H,7-8,12H2,1H3. The van der Waals surface area contributed by atoms with E-state index in [-0.39, 0.29) is 0 Å². The average Bonchev–Trinajstić information content (AvgIpc) is 2.25. The van der Waals surface area contributed by atoms with E-state index in [1.54, 1.807) is 6.92 Å². The van der Waals surface area contributed by atoms with Gasteiger partial charge in [-0.2, -0.15) is 0 Å². The van der Waals surface area contributed by atoms with Crippen LogP contribution < -0.4 is 15.8 Å². The molecule has 4 nitrogen and oxygen atoms in total. The van der Waals surface area contributed by atoms with Gasteiger partial charge in [0.15, 0.2) is 6.23 Å². The average molecular weight is 210 g/mol. The summed E-state index contributed by atoms with van der Waals surface area (Å²) in [6.07, 6.45) is -1.01. The van der Waals surface area contributed by atoms with Gasteiger partial charge in [0.05, 0.1) is 0 Å². The molecule has 4 N–H and O–H groups in total. The largest absolute Gasteiger partial charge is 0.473 e. The van der Waals surface area contributed by atoms with Gasteiger partial charge in [-0.1, -0.05) is 18.2 Å². The lowest BCUT2D eigenvalue weighted by atomic mass is 10.3. The molecule has 1 aromatic carbocycles. The maximum atomic E-state index is 9.47. The molecule has 0 heterocycles. The number of nitrogens with one attached hydrogen (secondary N) is 1. The molecule has 2 atom stereocenters. The van der Waals surface area contributed by atoms with Crippen molar-refractivity contribution in [2.24, 2.45) is 5.73 Å². The van der Waals surface area contributed by atoms with Crippen molar-refractivity contribution >= 4 is 0 Å². The van der Waals surface area contributed by atoms with Crippen LogP contribution in [0.3, 0.4) is 0 Å². The van der Waals surface area contributed by atoms with Gasteiger partial charge in [-0.3, -0.25) is 5.32 Å². The summed E-state index contributed by atoms with van der Waals surface area (Å²) >= 11 is 0. The molecule has 0 fully saturated rings. The fourth-order valence-electron chi connectivity index (χ4n) is 1.18. The Balaban J connectivity index is 2.51. The maximum Gasteiger partial charge on any atom is 0.176 e. The molecule has 0 aromatic heterocycles. The number of para-hydroxylation sites is 1. The Bertz CT molecular complexity index is 265. The molecule has 4 heteroatoms. The van der Waals surface area contributed by atoms with E-state index >= 15 is 0 Å². The summed E-state index contributed by atoms with van der Waals surface area (Å²) in [5, 5.41) is 12.5. The van der Waals surface area contributed by atoms with E-state index in [0.717, 1.165) is 5.75 Å². The van der Waals surface area contributed by atoms with Crippen LogP contribution in [0.2, 0.25) is 0 Å². The molecule has 0 amide bonds. The van der Waals surface area contributed by atoms with Crippen molar-refractivity contribution < 1.29 is 9.84 Å². The highest BCUT2D eigenvalue weighted by molar-refractivity contribution is 5.21. The Morgan fingerprint density at radius 1 is 1.40 bits per heavy atom. The van der Waals surface area contributed by atoms with Crippen LogP contribution in [-0.4, -0.2) is 30.5 Å². The normalized spacial score (nSPS) is 14.6. The molecule has 0 bridgehead atoms. The van der Waals surface area contributed by atoms with E-state index in [1.165, 1.54) is 0 Å².